The molecule has 0 aliphatic rings. The topological polar surface area (TPSA) is 63.7 Å². The van der Waals surface area contributed by atoms with Crippen LogP contribution >= 0.6 is 11.3 Å². The molecule has 0 fully saturated rings. The molecule has 1 amide bonds. The minimum absolute atomic E-state index is 0.00537. The fourth-order valence-corrected chi connectivity index (χ4v) is 2.63. The number of carbonyl (C=O) groups is 1. The molecule has 1 heterocycles. The molecule has 0 radical (unpaired) electrons. The van der Waals surface area contributed by atoms with E-state index in [1.54, 1.807) is 32.9 Å². The van der Waals surface area contributed by atoms with Gasteiger partial charge in [0.1, 0.15) is 5.60 Å². The minimum Gasteiger partial charge on any atom is -0.443 e. The van der Waals surface area contributed by atoms with Gasteiger partial charge in [0.2, 0.25) is 10.0 Å². The molecule has 0 unspecified atom stereocenters. The number of thiophene rings is 1. The first kappa shape index (κ1) is 15.0. The monoisotopic (exact) mass is 291 g/mol. The summed E-state index contributed by atoms with van der Waals surface area (Å²) in [6, 6.07) is 3.57. The molecule has 0 saturated heterocycles. The molecule has 1 aromatic rings. The van der Waals surface area contributed by atoms with Crippen molar-refractivity contribution in [2.75, 3.05) is 6.26 Å². The van der Waals surface area contributed by atoms with Crippen LogP contribution in [0.3, 0.4) is 0 Å². The van der Waals surface area contributed by atoms with E-state index in [-0.39, 0.29) is 6.54 Å². The molecule has 0 bridgehead atoms. The Balaban J connectivity index is 2.90. The van der Waals surface area contributed by atoms with Crippen molar-refractivity contribution in [2.45, 2.75) is 32.9 Å². The molecule has 0 aromatic carbocycles. The van der Waals surface area contributed by atoms with Gasteiger partial charge in [-0.25, -0.2) is 13.2 Å². The van der Waals surface area contributed by atoms with Gasteiger partial charge in [0.05, 0.1) is 12.8 Å². The molecule has 1 rings (SSSR count). The van der Waals surface area contributed by atoms with Crippen LogP contribution in [-0.2, 0) is 21.3 Å². The van der Waals surface area contributed by atoms with E-state index < -0.39 is 21.7 Å². The first-order valence-corrected chi connectivity index (χ1v) is 8.05. The van der Waals surface area contributed by atoms with Gasteiger partial charge in [-0.3, -0.25) is 0 Å². The zero-order valence-electron chi connectivity index (χ0n) is 10.8. The van der Waals surface area contributed by atoms with E-state index >= 15 is 0 Å². The summed E-state index contributed by atoms with van der Waals surface area (Å²) < 4.78 is 29.1. The van der Waals surface area contributed by atoms with Crippen LogP contribution in [0.5, 0.6) is 0 Å². The third-order valence-electron chi connectivity index (χ3n) is 1.88. The highest BCUT2D eigenvalue weighted by Gasteiger charge is 2.28. The van der Waals surface area contributed by atoms with E-state index in [1.807, 2.05) is 5.38 Å². The maximum Gasteiger partial charge on any atom is 0.424 e. The second-order valence-corrected chi connectivity index (χ2v) is 7.77. The predicted octanol–water partition coefficient (Wildman–Crippen LogP) is 2.44. The van der Waals surface area contributed by atoms with E-state index in [0.29, 0.717) is 0 Å². The molecule has 0 saturated carbocycles. The number of sulfonamides is 1. The van der Waals surface area contributed by atoms with Crippen molar-refractivity contribution in [3.8, 4) is 0 Å². The highest BCUT2D eigenvalue weighted by Crippen LogP contribution is 2.17. The largest absolute Gasteiger partial charge is 0.443 e. The lowest BCUT2D eigenvalue weighted by Crippen LogP contribution is -2.39. The summed E-state index contributed by atoms with van der Waals surface area (Å²) in [6.07, 6.45) is 0.142. The van der Waals surface area contributed by atoms with Gasteiger partial charge in [-0.05, 0) is 32.2 Å². The molecule has 18 heavy (non-hydrogen) atoms. The SMILES string of the molecule is CC(C)(C)OC(=O)N(Cc1cccs1)S(C)(=O)=O. The Labute approximate surface area is 111 Å². The van der Waals surface area contributed by atoms with Gasteiger partial charge in [0.15, 0.2) is 0 Å². The molecular weight excluding hydrogens is 274 g/mol. The van der Waals surface area contributed by atoms with Crippen molar-refractivity contribution in [3.63, 3.8) is 0 Å². The molecule has 5 nitrogen and oxygen atoms in total. The number of nitrogens with zero attached hydrogens (tertiary/aromatic N) is 1. The summed E-state index contributed by atoms with van der Waals surface area (Å²) in [4.78, 5) is 12.6. The van der Waals surface area contributed by atoms with E-state index in [9.17, 15) is 13.2 Å². The van der Waals surface area contributed by atoms with Crippen LogP contribution in [0.1, 0.15) is 25.6 Å². The summed E-state index contributed by atoms with van der Waals surface area (Å²) in [5.74, 6) is 0. The summed E-state index contributed by atoms with van der Waals surface area (Å²) in [5.41, 5.74) is -0.727. The highest BCUT2D eigenvalue weighted by molar-refractivity contribution is 7.88. The van der Waals surface area contributed by atoms with Crippen LogP contribution < -0.4 is 0 Å². The van der Waals surface area contributed by atoms with Gasteiger partial charge < -0.3 is 4.74 Å². The van der Waals surface area contributed by atoms with Gasteiger partial charge >= 0.3 is 6.09 Å². The number of carbonyl (C=O) groups excluding carboxylic acids is 1. The Morgan fingerprint density at radius 1 is 1.44 bits per heavy atom. The van der Waals surface area contributed by atoms with Gasteiger partial charge in [0, 0.05) is 4.88 Å². The lowest BCUT2D eigenvalue weighted by Gasteiger charge is -2.25. The van der Waals surface area contributed by atoms with E-state index in [2.05, 4.69) is 0 Å². The van der Waals surface area contributed by atoms with Crippen LogP contribution in [0, 0.1) is 0 Å². The Bertz CT molecular complexity index is 500. The third kappa shape index (κ3) is 4.66. The fourth-order valence-electron chi connectivity index (χ4n) is 1.17. The molecule has 1 aromatic heterocycles. The van der Waals surface area contributed by atoms with Crippen LogP contribution in [0.4, 0.5) is 4.79 Å². The Morgan fingerprint density at radius 2 is 2.06 bits per heavy atom. The number of ether oxygens (including phenoxy) is 1. The molecule has 0 atom stereocenters. The molecule has 7 heteroatoms. The summed E-state index contributed by atoms with van der Waals surface area (Å²) in [7, 11) is -3.65. The number of hydrogen-bond donors (Lipinski definition) is 0. The van der Waals surface area contributed by atoms with E-state index in [1.165, 1.54) is 11.3 Å². The molecule has 0 spiro atoms. The second kappa shape index (κ2) is 5.27. The van der Waals surface area contributed by atoms with Crippen LogP contribution in [0.25, 0.3) is 0 Å². The fraction of sp³-hybridized carbons (Fsp3) is 0.545. The zero-order valence-corrected chi connectivity index (χ0v) is 12.5. The lowest BCUT2D eigenvalue weighted by atomic mass is 10.2. The first-order chi connectivity index (χ1) is 8.09. The quantitative estimate of drug-likeness (QED) is 0.858. The predicted molar refractivity (Wildman–Crippen MR) is 70.9 cm³/mol. The van der Waals surface area contributed by atoms with Crippen LogP contribution in [-0.4, -0.2) is 30.7 Å². The van der Waals surface area contributed by atoms with Gasteiger partial charge in [0.25, 0.3) is 0 Å². The highest BCUT2D eigenvalue weighted by atomic mass is 32.2. The molecule has 0 aliphatic heterocycles. The van der Waals surface area contributed by atoms with Crippen molar-refractivity contribution in [3.05, 3.63) is 22.4 Å². The Kier molecular flexibility index (Phi) is 4.39. The number of rotatable bonds is 3. The summed E-state index contributed by atoms with van der Waals surface area (Å²) in [5, 5.41) is 1.82. The van der Waals surface area contributed by atoms with Gasteiger partial charge in [-0.1, -0.05) is 6.07 Å². The summed E-state index contributed by atoms with van der Waals surface area (Å²) in [6.45, 7) is 5.08. The molecular formula is C11H17NO4S2. The van der Waals surface area contributed by atoms with Crippen LogP contribution in [0.2, 0.25) is 0 Å². The van der Waals surface area contributed by atoms with Crippen LogP contribution in [0.15, 0.2) is 17.5 Å². The zero-order chi connectivity index (χ0) is 14.0. The number of hydrogen-bond acceptors (Lipinski definition) is 5. The lowest BCUT2D eigenvalue weighted by molar-refractivity contribution is 0.0384. The van der Waals surface area contributed by atoms with E-state index in [0.717, 1.165) is 15.4 Å². The average Bonchev–Trinajstić information content (AvgIpc) is 2.61. The molecule has 0 N–H and O–H groups in total. The maximum atomic E-state index is 11.9. The third-order valence-corrected chi connectivity index (χ3v) is 3.82. The molecule has 0 aliphatic carbocycles. The first-order valence-electron chi connectivity index (χ1n) is 5.33. The summed E-state index contributed by atoms with van der Waals surface area (Å²) >= 11 is 1.39. The maximum absolute atomic E-state index is 11.9. The van der Waals surface area contributed by atoms with Gasteiger partial charge in [-0.15, -0.1) is 11.3 Å². The minimum atomic E-state index is -3.65. The number of amides is 1. The second-order valence-electron chi connectivity index (χ2n) is 4.83. The standard InChI is InChI=1S/C11H17NO4S2/c1-11(2,3)16-10(13)12(18(4,14)15)8-9-6-5-7-17-9/h5-7H,8H2,1-4H3. The Hall–Kier alpha value is -1.08. The molecule has 102 valence electrons. The van der Waals surface area contributed by atoms with E-state index in [4.69, 9.17) is 4.74 Å². The average molecular weight is 291 g/mol. The van der Waals surface area contributed by atoms with Crippen molar-refractivity contribution in [1.82, 2.24) is 4.31 Å². The van der Waals surface area contributed by atoms with Crippen molar-refractivity contribution in [2.24, 2.45) is 0 Å². The van der Waals surface area contributed by atoms with Crippen molar-refractivity contribution in [1.29, 1.82) is 0 Å². The van der Waals surface area contributed by atoms with Gasteiger partial charge in [-0.2, -0.15) is 4.31 Å². The smallest absolute Gasteiger partial charge is 0.424 e. The van der Waals surface area contributed by atoms with Crippen molar-refractivity contribution >= 4 is 27.5 Å². The Morgan fingerprint density at radius 3 is 2.44 bits per heavy atom. The van der Waals surface area contributed by atoms with Crippen molar-refractivity contribution < 1.29 is 17.9 Å². The normalized spacial score (nSPS) is 12.2.